The van der Waals surface area contributed by atoms with Crippen molar-refractivity contribution < 1.29 is 4.74 Å². The molecule has 1 aromatic carbocycles. The molecule has 0 aliphatic heterocycles. The number of hydrogen-bond donors (Lipinski definition) is 2. The molecule has 6 heteroatoms. The van der Waals surface area contributed by atoms with Gasteiger partial charge in [-0.3, -0.25) is 9.67 Å². The van der Waals surface area contributed by atoms with Gasteiger partial charge >= 0.3 is 0 Å². The summed E-state index contributed by atoms with van der Waals surface area (Å²) in [6.07, 6.45) is 5.23. The highest BCUT2D eigenvalue weighted by Crippen LogP contribution is 2.26. The fourth-order valence-electron chi connectivity index (χ4n) is 3.60. The fourth-order valence-corrected chi connectivity index (χ4v) is 3.60. The van der Waals surface area contributed by atoms with E-state index in [1.165, 1.54) is 24.1 Å². The van der Waals surface area contributed by atoms with Crippen LogP contribution >= 0.6 is 0 Å². The van der Waals surface area contributed by atoms with Crippen LogP contribution in [0.5, 0.6) is 5.75 Å². The number of nitrogens with zero attached hydrogens (tertiary/aromatic N) is 3. The summed E-state index contributed by atoms with van der Waals surface area (Å²) in [5.41, 5.74) is 4.59. The van der Waals surface area contributed by atoms with E-state index < -0.39 is 0 Å². The first-order valence-electron chi connectivity index (χ1n) is 9.76. The van der Waals surface area contributed by atoms with E-state index in [1.54, 1.807) is 7.05 Å². The van der Waals surface area contributed by atoms with Gasteiger partial charge in [-0.1, -0.05) is 18.2 Å². The second-order valence-electron chi connectivity index (χ2n) is 7.18. The zero-order valence-electron chi connectivity index (χ0n) is 16.9. The quantitative estimate of drug-likeness (QED) is 0.606. The topological polar surface area (TPSA) is 63.5 Å². The lowest BCUT2D eigenvalue weighted by Crippen LogP contribution is -2.36. The first-order valence-corrected chi connectivity index (χ1v) is 9.76. The van der Waals surface area contributed by atoms with Crippen molar-refractivity contribution in [2.24, 2.45) is 12.0 Å². The van der Waals surface area contributed by atoms with Gasteiger partial charge in [-0.2, -0.15) is 5.10 Å². The van der Waals surface area contributed by atoms with E-state index in [0.717, 1.165) is 35.8 Å². The molecular formula is C21H31N5O. The third-order valence-corrected chi connectivity index (χ3v) is 5.33. The van der Waals surface area contributed by atoms with Crippen molar-refractivity contribution in [3.8, 4) is 5.75 Å². The molecule has 0 amide bonds. The van der Waals surface area contributed by atoms with E-state index in [-0.39, 0.29) is 0 Å². The molecule has 0 radical (unpaired) electrons. The molecule has 6 nitrogen and oxygen atoms in total. The van der Waals surface area contributed by atoms with Crippen LogP contribution < -0.4 is 15.4 Å². The van der Waals surface area contributed by atoms with Gasteiger partial charge in [-0.05, 0) is 45.6 Å². The molecule has 0 bridgehead atoms. The van der Waals surface area contributed by atoms with Crippen LogP contribution in [0.1, 0.15) is 48.2 Å². The normalized spacial score (nSPS) is 15.2. The standard InChI is InChI=1S/C21H31N5O/c1-15-19(16(2)26(4)25-15)14-24-21(22-3)23-13-17-9-5-8-12-20(17)27-18-10-6-7-11-18/h5,8-9,12,18H,6-7,10-11,13-14H2,1-4H3,(H2,22,23,24). The zero-order valence-corrected chi connectivity index (χ0v) is 16.9. The molecule has 0 atom stereocenters. The van der Waals surface area contributed by atoms with Crippen LogP contribution in [0.15, 0.2) is 29.3 Å². The summed E-state index contributed by atoms with van der Waals surface area (Å²) in [6, 6.07) is 8.26. The summed E-state index contributed by atoms with van der Waals surface area (Å²) in [4.78, 5) is 4.34. The number of hydrogen-bond acceptors (Lipinski definition) is 3. The van der Waals surface area contributed by atoms with Crippen LogP contribution in [-0.2, 0) is 20.1 Å². The summed E-state index contributed by atoms with van der Waals surface area (Å²) in [7, 11) is 3.76. The van der Waals surface area contributed by atoms with Crippen LogP contribution in [0.3, 0.4) is 0 Å². The molecule has 3 rings (SSSR count). The maximum Gasteiger partial charge on any atom is 0.191 e. The minimum Gasteiger partial charge on any atom is -0.490 e. The summed E-state index contributed by atoms with van der Waals surface area (Å²) in [5.74, 6) is 1.75. The molecule has 146 valence electrons. The largest absolute Gasteiger partial charge is 0.490 e. The van der Waals surface area contributed by atoms with Crippen LogP contribution in [-0.4, -0.2) is 28.9 Å². The van der Waals surface area contributed by atoms with E-state index >= 15 is 0 Å². The highest BCUT2D eigenvalue weighted by atomic mass is 16.5. The molecule has 2 N–H and O–H groups in total. The molecule has 1 fully saturated rings. The van der Waals surface area contributed by atoms with Gasteiger partial charge in [-0.15, -0.1) is 0 Å². The monoisotopic (exact) mass is 369 g/mol. The lowest BCUT2D eigenvalue weighted by Gasteiger charge is -2.18. The van der Waals surface area contributed by atoms with Crippen LogP contribution in [0.4, 0.5) is 0 Å². The predicted octanol–water partition coefficient (Wildman–Crippen LogP) is 3.22. The third-order valence-electron chi connectivity index (χ3n) is 5.33. The lowest BCUT2D eigenvalue weighted by atomic mass is 10.2. The number of aryl methyl sites for hydroxylation is 2. The van der Waals surface area contributed by atoms with Crippen molar-refractivity contribution >= 4 is 5.96 Å². The Morgan fingerprint density at radius 2 is 1.89 bits per heavy atom. The first-order chi connectivity index (χ1) is 13.1. The summed E-state index contributed by atoms with van der Waals surface area (Å²) in [5, 5.41) is 11.3. The zero-order chi connectivity index (χ0) is 19.2. The second-order valence-corrected chi connectivity index (χ2v) is 7.18. The van der Waals surface area contributed by atoms with Crippen molar-refractivity contribution in [3.05, 3.63) is 46.8 Å². The van der Waals surface area contributed by atoms with Gasteiger partial charge in [0.15, 0.2) is 5.96 Å². The molecule has 0 saturated heterocycles. The number of rotatable bonds is 6. The van der Waals surface area contributed by atoms with E-state index in [9.17, 15) is 0 Å². The van der Waals surface area contributed by atoms with Gasteiger partial charge in [0.05, 0.1) is 11.8 Å². The van der Waals surface area contributed by atoms with E-state index in [0.29, 0.717) is 19.2 Å². The molecule has 0 spiro atoms. The Balaban J connectivity index is 1.58. The Bertz CT molecular complexity index is 790. The molecule has 1 aliphatic rings. The van der Waals surface area contributed by atoms with Crippen molar-refractivity contribution in [2.75, 3.05) is 7.05 Å². The number of benzene rings is 1. The molecule has 1 heterocycles. The Kier molecular flexibility index (Phi) is 6.37. The van der Waals surface area contributed by atoms with Crippen LogP contribution in [0.2, 0.25) is 0 Å². The van der Waals surface area contributed by atoms with E-state index in [1.807, 2.05) is 24.7 Å². The molecule has 27 heavy (non-hydrogen) atoms. The maximum atomic E-state index is 6.22. The number of ether oxygens (including phenoxy) is 1. The van der Waals surface area contributed by atoms with Crippen LogP contribution in [0, 0.1) is 13.8 Å². The molecule has 1 saturated carbocycles. The first kappa shape index (κ1) is 19.3. The third kappa shape index (κ3) is 4.81. The molecule has 1 aromatic heterocycles. The highest BCUT2D eigenvalue weighted by molar-refractivity contribution is 5.79. The number of guanidine groups is 1. The van der Waals surface area contributed by atoms with Gasteiger partial charge in [-0.25, -0.2) is 0 Å². The Morgan fingerprint density at radius 1 is 1.19 bits per heavy atom. The number of aliphatic imine (C=N–C) groups is 1. The van der Waals surface area contributed by atoms with E-state index in [2.05, 4.69) is 45.8 Å². The fraction of sp³-hybridized carbons (Fsp3) is 0.524. The van der Waals surface area contributed by atoms with Crippen molar-refractivity contribution in [2.45, 2.75) is 58.7 Å². The number of nitrogens with one attached hydrogen (secondary N) is 2. The smallest absolute Gasteiger partial charge is 0.191 e. The van der Waals surface area contributed by atoms with E-state index in [4.69, 9.17) is 4.74 Å². The Labute approximate surface area is 162 Å². The summed E-state index contributed by atoms with van der Waals surface area (Å²) in [6.45, 7) is 5.50. The predicted molar refractivity (Wildman–Crippen MR) is 109 cm³/mol. The highest BCUT2D eigenvalue weighted by Gasteiger charge is 2.18. The maximum absolute atomic E-state index is 6.22. The van der Waals surface area contributed by atoms with Gasteiger partial charge in [0.2, 0.25) is 0 Å². The SMILES string of the molecule is CN=C(NCc1ccccc1OC1CCCC1)NCc1c(C)nn(C)c1C. The van der Waals surface area contributed by atoms with Gasteiger partial charge in [0, 0.05) is 44.0 Å². The molecule has 1 aliphatic carbocycles. The Morgan fingerprint density at radius 3 is 2.56 bits per heavy atom. The van der Waals surface area contributed by atoms with Gasteiger partial charge in [0.1, 0.15) is 5.75 Å². The Hall–Kier alpha value is -2.50. The van der Waals surface area contributed by atoms with Gasteiger partial charge in [0.25, 0.3) is 0 Å². The average molecular weight is 370 g/mol. The summed E-state index contributed by atoms with van der Waals surface area (Å²) >= 11 is 0. The summed E-state index contributed by atoms with van der Waals surface area (Å²) < 4.78 is 8.14. The van der Waals surface area contributed by atoms with Gasteiger partial charge < -0.3 is 15.4 Å². The number of para-hydroxylation sites is 1. The average Bonchev–Trinajstić information content (AvgIpc) is 3.26. The second kappa shape index (κ2) is 8.93. The van der Waals surface area contributed by atoms with Crippen molar-refractivity contribution in [3.63, 3.8) is 0 Å². The number of aromatic nitrogens is 2. The lowest BCUT2D eigenvalue weighted by molar-refractivity contribution is 0.208. The minimum absolute atomic E-state index is 0.361. The molecule has 2 aromatic rings. The molecule has 0 unspecified atom stereocenters. The van der Waals surface area contributed by atoms with Crippen LogP contribution in [0.25, 0.3) is 0 Å². The van der Waals surface area contributed by atoms with Crippen molar-refractivity contribution in [1.82, 2.24) is 20.4 Å². The minimum atomic E-state index is 0.361. The van der Waals surface area contributed by atoms with Crippen molar-refractivity contribution in [1.29, 1.82) is 0 Å². The molecular weight excluding hydrogens is 338 g/mol.